The second kappa shape index (κ2) is 7.13. The summed E-state index contributed by atoms with van der Waals surface area (Å²) >= 11 is 0. The molecule has 1 N–H and O–H groups in total. The van der Waals surface area contributed by atoms with E-state index in [0.717, 1.165) is 5.56 Å². The summed E-state index contributed by atoms with van der Waals surface area (Å²) in [5, 5.41) is 2.63. The number of carbonyl (C=O) groups excluding carboxylic acids is 2. The van der Waals surface area contributed by atoms with E-state index in [1.807, 2.05) is 30.3 Å². The van der Waals surface area contributed by atoms with Gasteiger partial charge in [-0.25, -0.2) is 8.78 Å². The molecule has 1 aliphatic heterocycles. The lowest BCUT2D eigenvalue weighted by atomic mass is 9.83. The smallest absolute Gasteiger partial charge is 0.224 e. The number of nitrogens with one attached hydrogen (secondary N) is 1. The molecule has 5 heteroatoms. The number of hydrogen-bond acceptors (Lipinski definition) is 2. The van der Waals surface area contributed by atoms with Gasteiger partial charge in [0, 0.05) is 30.9 Å². The van der Waals surface area contributed by atoms with Gasteiger partial charge in [-0.05, 0) is 30.2 Å². The summed E-state index contributed by atoms with van der Waals surface area (Å²) in [6, 6.07) is 11.7. The van der Waals surface area contributed by atoms with E-state index in [1.165, 1.54) is 12.1 Å². The van der Waals surface area contributed by atoms with Crippen molar-refractivity contribution in [3.63, 3.8) is 0 Å². The second-order valence-electron chi connectivity index (χ2n) is 6.51. The molecule has 1 heterocycles. The Balaban J connectivity index is 1.80. The van der Waals surface area contributed by atoms with Gasteiger partial charge in [0.1, 0.15) is 17.4 Å². The van der Waals surface area contributed by atoms with Crippen LogP contribution in [0, 0.1) is 24.5 Å². The van der Waals surface area contributed by atoms with Crippen LogP contribution in [0.4, 0.5) is 8.78 Å². The highest BCUT2D eigenvalue weighted by Crippen LogP contribution is 2.35. The highest BCUT2D eigenvalue weighted by atomic mass is 19.1. The quantitative estimate of drug-likeness (QED) is 0.905. The average Bonchev–Trinajstić information content (AvgIpc) is 2.88. The Morgan fingerprint density at radius 3 is 2.44 bits per heavy atom. The first-order valence-corrected chi connectivity index (χ1v) is 8.24. The van der Waals surface area contributed by atoms with Gasteiger partial charge in [-0.1, -0.05) is 30.3 Å². The van der Waals surface area contributed by atoms with Crippen LogP contribution in [0.15, 0.2) is 42.5 Å². The van der Waals surface area contributed by atoms with Crippen molar-refractivity contribution >= 4 is 11.7 Å². The molecule has 0 radical (unpaired) electrons. The van der Waals surface area contributed by atoms with Crippen molar-refractivity contribution in [2.45, 2.75) is 25.7 Å². The average molecular weight is 343 g/mol. The highest BCUT2D eigenvalue weighted by molar-refractivity contribution is 5.90. The third-order valence-electron chi connectivity index (χ3n) is 4.60. The fourth-order valence-corrected chi connectivity index (χ4v) is 3.41. The van der Waals surface area contributed by atoms with Crippen LogP contribution in [-0.2, 0) is 16.0 Å². The maximum absolute atomic E-state index is 14.3. The molecule has 1 aliphatic rings. The summed E-state index contributed by atoms with van der Waals surface area (Å²) in [5.41, 5.74) is 1.23. The third kappa shape index (κ3) is 3.76. The molecule has 0 aromatic heterocycles. The number of carbonyl (C=O) groups is 2. The van der Waals surface area contributed by atoms with Gasteiger partial charge in [0.2, 0.25) is 5.91 Å². The van der Waals surface area contributed by atoms with Crippen molar-refractivity contribution in [1.29, 1.82) is 0 Å². The Bertz CT molecular complexity index is 782. The molecule has 1 amide bonds. The Labute approximate surface area is 145 Å². The minimum atomic E-state index is -0.747. The van der Waals surface area contributed by atoms with Crippen LogP contribution in [0.25, 0.3) is 0 Å². The molecule has 2 aromatic rings. The lowest BCUT2D eigenvalue weighted by Crippen LogP contribution is -2.23. The van der Waals surface area contributed by atoms with Crippen LogP contribution in [0.5, 0.6) is 0 Å². The molecule has 2 atom stereocenters. The number of benzene rings is 2. The largest absolute Gasteiger partial charge is 0.355 e. The molecular weight excluding hydrogens is 324 g/mol. The molecule has 25 heavy (non-hydrogen) atoms. The predicted octanol–water partition coefficient (Wildman–Crippen LogP) is 3.30. The molecule has 0 aliphatic carbocycles. The number of halogens is 2. The molecule has 0 spiro atoms. The molecular formula is C20H19F2NO2. The Morgan fingerprint density at radius 1 is 1.16 bits per heavy atom. The minimum Gasteiger partial charge on any atom is -0.355 e. The molecule has 3 nitrogen and oxygen atoms in total. The van der Waals surface area contributed by atoms with Crippen molar-refractivity contribution < 1.29 is 18.4 Å². The summed E-state index contributed by atoms with van der Waals surface area (Å²) in [5.74, 6) is -3.20. The molecule has 0 saturated carbocycles. The Kier molecular flexibility index (Phi) is 4.93. The van der Waals surface area contributed by atoms with E-state index in [-0.39, 0.29) is 36.6 Å². The number of aryl methyl sites for hydroxylation is 1. The first kappa shape index (κ1) is 17.3. The fraction of sp³-hybridized carbons (Fsp3) is 0.300. The van der Waals surface area contributed by atoms with Crippen LogP contribution >= 0.6 is 0 Å². The molecule has 1 fully saturated rings. The maximum atomic E-state index is 14.3. The van der Waals surface area contributed by atoms with Crippen molar-refractivity contribution in [3.8, 4) is 0 Å². The molecule has 1 saturated heterocycles. The standard InChI is InChI=1S/C20H19F2NO2/c1-12-7-17(21)19(18(22)8-12)16-11-23-20(25)15(16)10-14(24)9-13-5-3-2-4-6-13/h2-8,15-16H,9-11H2,1H3,(H,23,25)/t15?,16-/m1/s1. The third-order valence-corrected chi connectivity index (χ3v) is 4.60. The van der Waals surface area contributed by atoms with E-state index in [0.29, 0.717) is 5.56 Å². The normalized spacial score (nSPS) is 19.7. The lowest BCUT2D eigenvalue weighted by molar-refractivity contribution is -0.127. The van der Waals surface area contributed by atoms with E-state index < -0.39 is 23.5 Å². The summed E-state index contributed by atoms with van der Waals surface area (Å²) in [6.45, 7) is 1.74. The summed E-state index contributed by atoms with van der Waals surface area (Å²) in [6.07, 6.45) is 0.175. The van der Waals surface area contributed by atoms with Crippen molar-refractivity contribution in [2.24, 2.45) is 5.92 Å². The van der Waals surface area contributed by atoms with Crippen LogP contribution in [0.3, 0.4) is 0 Å². The highest BCUT2D eigenvalue weighted by Gasteiger charge is 2.39. The zero-order chi connectivity index (χ0) is 18.0. The van der Waals surface area contributed by atoms with Gasteiger partial charge in [0.25, 0.3) is 0 Å². The molecule has 2 aromatic carbocycles. The van der Waals surface area contributed by atoms with Crippen LogP contribution in [-0.4, -0.2) is 18.2 Å². The molecule has 1 unspecified atom stereocenters. The zero-order valence-electron chi connectivity index (χ0n) is 13.9. The molecule has 3 rings (SSSR count). The number of rotatable bonds is 5. The van der Waals surface area contributed by atoms with Gasteiger partial charge in [-0.15, -0.1) is 0 Å². The lowest BCUT2D eigenvalue weighted by Gasteiger charge is -2.18. The fourth-order valence-electron chi connectivity index (χ4n) is 3.41. The first-order valence-electron chi connectivity index (χ1n) is 8.24. The van der Waals surface area contributed by atoms with Crippen LogP contribution in [0.1, 0.15) is 29.0 Å². The van der Waals surface area contributed by atoms with E-state index in [2.05, 4.69) is 5.32 Å². The number of Topliss-reactive ketones (excluding diaryl/α,β-unsaturated/α-hetero) is 1. The zero-order valence-corrected chi connectivity index (χ0v) is 13.9. The Morgan fingerprint density at radius 2 is 1.80 bits per heavy atom. The van der Waals surface area contributed by atoms with Crippen LogP contribution < -0.4 is 5.32 Å². The van der Waals surface area contributed by atoms with Gasteiger partial charge in [0.15, 0.2) is 0 Å². The van der Waals surface area contributed by atoms with Crippen molar-refractivity contribution in [2.75, 3.05) is 6.54 Å². The van der Waals surface area contributed by atoms with E-state index in [4.69, 9.17) is 0 Å². The SMILES string of the molecule is Cc1cc(F)c([C@@H]2CNC(=O)C2CC(=O)Cc2ccccc2)c(F)c1. The van der Waals surface area contributed by atoms with E-state index in [1.54, 1.807) is 6.92 Å². The number of hydrogen-bond donors (Lipinski definition) is 1. The second-order valence-corrected chi connectivity index (χ2v) is 6.51. The minimum absolute atomic E-state index is 0.0296. The van der Waals surface area contributed by atoms with Gasteiger partial charge >= 0.3 is 0 Å². The summed E-state index contributed by atoms with van der Waals surface area (Å²) < 4.78 is 28.6. The van der Waals surface area contributed by atoms with E-state index in [9.17, 15) is 18.4 Å². The van der Waals surface area contributed by atoms with Gasteiger partial charge in [-0.2, -0.15) is 0 Å². The van der Waals surface area contributed by atoms with Crippen molar-refractivity contribution in [1.82, 2.24) is 5.32 Å². The topological polar surface area (TPSA) is 46.2 Å². The van der Waals surface area contributed by atoms with Crippen LogP contribution in [0.2, 0.25) is 0 Å². The monoisotopic (exact) mass is 343 g/mol. The summed E-state index contributed by atoms with van der Waals surface area (Å²) in [7, 11) is 0. The summed E-state index contributed by atoms with van der Waals surface area (Å²) in [4.78, 5) is 24.5. The number of amides is 1. The molecule has 130 valence electrons. The Hall–Kier alpha value is -2.56. The first-order chi connectivity index (χ1) is 12.0. The number of ketones is 1. The van der Waals surface area contributed by atoms with E-state index >= 15 is 0 Å². The van der Waals surface area contributed by atoms with Crippen molar-refractivity contribution in [3.05, 3.63) is 70.8 Å². The van der Waals surface area contributed by atoms with Gasteiger partial charge in [0.05, 0.1) is 5.92 Å². The predicted molar refractivity (Wildman–Crippen MR) is 90.1 cm³/mol. The van der Waals surface area contributed by atoms with Gasteiger partial charge < -0.3 is 5.32 Å². The molecule has 0 bridgehead atoms. The maximum Gasteiger partial charge on any atom is 0.224 e. The van der Waals surface area contributed by atoms with Gasteiger partial charge in [-0.3, -0.25) is 9.59 Å².